The highest BCUT2D eigenvalue weighted by Gasteiger charge is 2.34. The molecule has 0 unspecified atom stereocenters. The number of aldehydes is 1. The summed E-state index contributed by atoms with van der Waals surface area (Å²) < 4.78 is 5.29. The van der Waals surface area contributed by atoms with Gasteiger partial charge in [-0.1, -0.05) is 6.92 Å². The van der Waals surface area contributed by atoms with Gasteiger partial charge in [-0.25, -0.2) is 4.79 Å². The first-order valence-corrected chi connectivity index (χ1v) is 5.70. The van der Waals surface area contributed by atoms with Gasteiger partial charge in [0.2, 0.25) is 0 Å². The zero-order chi connectivity index (χ0) is 12.4. The SMILES string of the molecule is CC(C)(C)OC(=O)N1CCC[C@](C)(C=O)C1. The molecule has 0 spiro atoms. The third-order valence-corrected chi connectivity index (χ3v) is 2.66. The number of nitrogens with zero attached hydrogens (tertiary/aromatic N) is 1. The Morgan fingerprint density at radius 3 is 2.56 bits per heavy atom. The monoisotopic (exact) mass is 227 g/mol. The summed E-state index contributed by atoms with van der Waals surface area (Å²) in [5.41, 5.74) is -0.888. The highest BCUT2D eigenvalue weighted by atomic mass is 16.6. The van der Waals surface area contributed by atoms with Gasteiger partial charge in [-0.3, -0.25) is 0 Å². The van der Waals surface area contributed by atoms with Crippen molar-refractivity contribution in [2.45, 2.75) is 46.1 Å². The van der Waals surface area contributed by atoms with Crippen molar-refractivity contribution < 1.29 is 14.3 Å². The standard InChI is InChI=1S/C12H21NO3/c1-11(2,3)16-10(15)13-7-5-6-12(4,8-13)9-14/h9H,5-8H2,1-4H3/t12-/m0/s1. The van der Waals surface area contributed by atoms with Crippen LogP contribution in [-0.4, -0.2) is 36.0 Å². The first-order chi connectivity index (χ1) is 7.26. The van der Waals surface area contributed by atoms with Gasteiger partial charge in [-0.2, -0.15) is 0 Å². The second kappa shape index (κ2) is 4.44. The number of likely N-dealkylation sites (tertiary alicyclic amines) is 1. The van der Waals surface area contributed by atoms with Gasteiger partial charge in [0.15, 0.2) is 0 Å². The van der Waals surface area contributed by atoms with Gasteiger partial charge in [-0.05, 0) is 33.6 Å². The molecule has 0 aromatic rings. The molecule has 16 heavy (non-hydrogen) atoms. The first-order valence-electron chi connectivity index (χ1n) is 5.70. The van der Waals surface area contributed by atoms with Crippen molar-refractivity contribution in [3.8, 4) is 0 Å². The van der Waals surface area contributed by atoms with Crippen LogP contribution in [0.25, 0.3) is 0 Å². The third-order valence-electron chi connectivity index (χ3n) is 2.66. The molecule has 0 radical (unpaired) electrons. The molecule has 1 aliphatic heterocycles. The summed E-state index contributed by atoms with van der Waals surface area (Å²) in [6.45, 7) is 8.55. The minimum absolute atomic E-state index is 0.319. The van der Waals surface area contributed by atoms with E-state index in [1.54, 1.807) is 4.90 Å². The highest BCUT2D eigenvalue weighted by Crippen LogP contribution is 2.27. The molecule has 1 saturated heterocycles. The van der Waals surface area contributed by atoms with Crippen molar-refractivity contribution in [3.05, 3.63) is 0 Å². The third kappa shape index (κ3) is 3.51. The van der Waals surface area contributed by atoms with Gasteiger partial charge >= 0.3 is 6.09 Å². The predicted molar refractivity (Wildman–Crippen MR) is 61.2 cm³/mol. The molecule has 1 atom stereocenters. The van der Waals surface area contributed by atoms with Crippen molar-refractivity contribution in [2.75, 3.05) is 13.1 Å². The molecule has 1 fully saturated rings. The van der Waals surface area contributed by atoms with E-state index in [0.717, 1.165) is 19.1 Å². The smallest absolute Gasteiger partial charge is 0.410 e. The molecule has 1 heterocycles. The Morgan fingerprint density at radius 2 is 2.06 bits per heavy atom. The quantitative estimate of drug-likeness (QED) is 0.645. The minimum atomic E-state index is -0.480. The maximum Gasteiger partial charge on any atom is 0.410 e. The van der Waals surface area contributed by atoms with E-state index in [0.29, 0.717) is 13.1 Å². The fraction of sp³-hybridized carbons (Fsp3) is 0.833. The minimum Gasteiger partial charge on any atom is -0.444 e. The highest BCUT2D eigenvalue weighted by molar-refractivity contribution is 5.70. The lowest BCUT2D eigenvalue weighted by molar-refractivity contribution is -0.117. The number of carbonyl (C=O) groups is 2. The molecule has 4 nitrogen and oxygen atoms in total. The largest absolute Gasteiger partial charge is 0.444 e. The zero-order valence-electron chi connectivity index (χ0n) is 10.6. The average molecular weight is 227 g/mol. The van der Waals surface area contributed by atoms with E-state index in [1.807, 2.05) is 27.7 Å². The number of ether oxygens (including phenoxy) is 1. The van der Waals surface area contributed by atoms with Crippen LogP contribution in [0.2, 0.25) is 0 Å². The Bertz CT molecular complexity index is 282. The van der Waals surface area contributed by atoms with Crippen LogP contribution in [0.4, 0.5) is 4.79 Å². The van der Waals surface area contributed by atoms with Crippen LogP contribution in [0.5, 0.6) is 0 Å². The Hall–Kier alpha value is -1.06. The Balaban J connectivity index is 2.61. The second-order valence-corrected chi connectivity index (χ2v) is 5.78. The topological polar surface area (TPSA) is 46.6 Å². The van der Waals surface area contributed by atoms with Crippen LogP contribution in [0.3, 0.4) is 0 Å². The summed E-state index contributed by atoms with van der Waals surface area (Å²) in [6.07, 6.45) is 2.33. The molecular formula is C12H21NO3. The van der Waals surface area contributed by atoms with Gasteiger partial charge in [0.25, 0.3) is 0 Å². The van der Waals surface area contributed by atoms with Crippen molar-refractivity contribution in [2.24, 2.45) is 5.41 Å². The molecule has 0 saturated carbocycles. The Labute approximate surface area is 96.9 Å². The van der Waals surface area contributed by atoms with Crippen molar-refractivity contribution in [1.29, 1.82) is 0 Å². The molecule has 4 heteroatoms. The summed E-state index contributed by atoms with van der Waals surface area (Å²) in [4.78, 5) is 24.4. The fourth-order valence-electron chi connectivity index (χ4n) is 1.85. The van der Waals surface area contributed by atoms with Crippen molar-refractivity contribution >= 4 is 12.4 Å². The van der Waals surface area contributed by atoms with Gasteiger partial charge in [-0.15, -0.1) is 0 Å². The van der Waals surface area contributed by atoms with Gasteiger partial charge < -0.3 is 14.4 Å². The summed E-state index contributed by atoms with van der Waals surface area (Å²) in [7, 11) is 0. The van der Waals surface area contributed by atoms with E-state index in [9.17, 15) is 9.59 Å². The van der Waals surface area contributed by atoms with Crippen LogP contribution < -0.4 is 0 Å². The van der Waals surface area contributed by atoms with E-state index in [1.165, 1.54) is 0 Å². The van der Waals surface area contributed by atoms with Crippen LogP contribution in [-0.2, 0) is 9.53 Å². The predicted octanol–water partition coefficient (Wildman–Crippen LogP) is 2.22. The maximum absolute atomic E-state index is 11.8. The van der Waals surface area contributed by atoms with Gasteiger partial charge in [0.1, 0.15) is 11.9 Å². The van der Waals surface area contributed by atoms with Crippen molar-refractivity contribution in [3.63, 3.8) is 0 Å². The molecule has 92 valence electrons. The van der Waals surface area contributed by atoms with Crippen LogP contribution in [0, 0.1) is 5.41 Å². The molecule has 1 amide bonds. The fourth-order valence-corrected chi connectivity index (χ4v) is 1.85. The van der Waals surface area contributed by atoms with E-state index in [4.69, 9.17) is 4.74 Å². The van der Waals surface area contributed by atoms with Gasteiger partial charge in [0, 0.05) is 18.5 Å². The lowest BCUT2D eigenvalue weighted by atomic mass is 9.84. The maximum atomic E-state index is 11.8. The average Bonchev–Trinajstić information content (AvgIpc) is 2.15. The molecule has 0 bridgehead atoms. The molecule has 1 rings (SSSR count). The number of hydrogen-bond acceptors (Lipinski definition) is 3. The van der Waals surface area contributed by atoms with Crippen LogP contribution >= 0.6 is 0 Å². The zero-order valence-corrected chi connectivity index (χ0v) is 10.6. The molecule has 1 aliphatic rings. The summed E-state index contributed by atoms with van der Waals surface area (Å²) in [6, 6.07) is 0. The van der Waals surface area contributed by atoms with Crippen LogP contribution in [0.1, 0.15) is 40.5 Å². The normalized spacial score (nSPS) is 26.4. The molecule has 0 aromatic heterocycles. The number of amides is 1. The van der Waals surface area contributed by atoms with Gasteiger partial charge in [0.05, 0.1) is 0 Å². The summed E-state index contributed by atoms with van der Waals surface area (Å²) in [5.74, 6) is 0. The Morgan fingerprint density at radius 1 is 1.44 bits per heavy atom. The number of rotatable bonds is 1. The van der Waals surface area contributed by atoms with Crippen LogP contribution in [0.15, 0.2) is 0 Å². The number of carbonyl (C=O) groups excluding carboxylic acids is 2. The number of hydrogen-bond donors (Lipinski definition) is 0. The summed E-state index contributed by atoms with van der Waals surface area (Å²) >= 11 is 0. The van der Waals surface area contributed by atoms with E-state index < -0.39 is 11.0 Å². The second-order valence-electron chi connectivity index (χ2n) is 5.78. The van der Waals surface area contributed by atoms with E-state index >= 15 is 0 Å². The van der Waals surface area contributed by atoms with E-state index in [-0.39, 0.29) is 6.09 Å². The number of piperidine rings is 1. The summed E-state index contributed by atoms with van der Waals surface area (Å²) in [5, 5.41) is 0. The molecule has 0 aliphatic carbocycles. The van der Waals surface area contributed by atoms with E-state index in [2.05, 4.69) is 0 Å². The molecule has 0 N–H and O–H groups in total. The molecular weight excluding hydrogens is 206 g/mol. The first kappa shape index (κ1) is 13.0. The van der Waals surface area contributed by atoms with Crippen molar-refractivity contribution in [1.82, 2.24) is 4.90 Å². The Kier molecular flexibility index (Phi) is 3.61. The lowest BCUT2D eigenvalue weighted by Crippen LogP contribution is -2.47. The lowest BCUT2D eigenvalue weighted by Gasteiger charge is -2.37. The molecule has 0 aromatic carbocycles.